The van der Waals surface area contributed by atoms with Crippen molar-refractivity contribution in [2.75, 3.05) is 6.61 Å². The summed E-state index contributed by atoms with van der Waals surface area (Å²) in [5, 5.41) is 0. The first kappa shape index (κ1) is 20.4. The van der Waals surface area contributed by atoms with Gasteiger partial charge >= 0.3 is 18.3 Å². The van der Waals surface area contributed by atoms with E-state index in [0.717, 1.165) is 24.3 Å². The van der Waals surface area contributed by atoms with Crippen LogP contribution in [0.3, 0.4) is 0 Å². The molecule has 0 saturated heterocycles. The molecule has 126 valence electrons. The molecule has 0 amide bonds. The Bertz CT molecular complexity index is 493. The first-order chi connectivity index (χ1) is 9.58. The first-order valence-corrected chi connectivity index (χ1v) is 5.74. The Morgan fingerprint density at radius 2 is 1.68 bits per heavy atom. The van der Waals surface area contributed by atoms with Crippen LogP contribution in [-0.2, 0) is 9.53 Å². The number of halogens is 6. The summed E-state index contributed by atoms with van der Waals surface area (Å²) in [6.07, 6.45) is -4.89. The Hall–Kier alpha value is -1.61. The van der Waals surface area contributed by atoms with Crippen molar-refractivity contribution in [3.63, 3.8) is 0 Å². The third kappa shape index (κ3) is 5.30. The van der Waals surface area contributed by atoms with Crippen molar-refractivity contribution in [2.24, 2.45) is 5.73 Å². The number of esters is 1. The number of ether oxygens (including phenoxy) is 2. The van der Waals surface area contributed by atoms with E-state index in [0.29, 0.717) is 0 Å². The normalized spacial score (nSPS) is 13.0. The molecule has 10 heteroatoms. The molecule has 0 bridgehead atoms. The summed E-state index contributed by atoms with van der Waals surface area (Å²) in [4.78, 5) is 11.1. The molecule has 0 radical (unpaired) electrons. The molecule has 1 atom stereocenters. The van der Waals surface area contributed by atoms with Crippen LogP contribution in [0.1, 0.15) is 18.5 Å². The fourth-order valence-electron chi connectivity index (χ4n) is 1.44. The number of nitrogens with two attached hydrogens (primary N) is 1. The van der Waals surface area contributed by atoms with Crippen molar-refractivity contribution in [2.45, 2.75) is 25.3 Å². The van der Waals surface area contributed by atoms with E-state index in [-0.39, 0.29) is 24.6 Å². The van der Waals surface area contributed by atoms with Crippen LogP contribution in [0.4, 0.5) is 22.0 Å². The van der Waals surface area contributed by atoms with Crippen LogP contribution < -0.4 is 10.5 Å². The van der Waals surface area contributed by atoms with Crippen LogP contribution >= 0.6 is 12.4 Å². The highest BCUT2D eigenvalue weighted by molar-refractivity contribution is 5.85. The molecule has 1 rings (SSSR count). The van der Waals surface area contributed by atoms with Gasteiger partial charge in [0.05, 0.1) is 6.61 Å². The van der Waals surface area contributed by atoms with E-state index in [9.17, 15) is 26.7 Å². The SMILES string of the molecule is CCOC(=O)C(F)(F)[C@@H](N)c1ccc(OC(F)(F)F)cc1.Cl. The number of hydrogen-bond donors (Lipinski definition) is 1. The summed E-state index contributed by atoms with van der Waals surface area (Å²) < 4.78 is 70.9. The highest BCUT2D eigenvalue weighted by atomic mass is 35.5. The lowest BCUT2D eigenvalue weighted by molar-refractivity contribution is -0.274. The van der Waals surface area contributed by atoms with Gasteiger partial charge < -0.3 is 15.2 Å². The average Bonchev–Trinajstić information content (AvgIpc) is 2.37. The van der Waals surface area contributed by atoms with Crippen LogP contribution in [0.2, 0.25) is 0 Å². The summed E-state index contributed by atoms with van der Waals surface area (Å²) in [5.74, 6) is -6.38. The van der Waals surface area contributed by atoms with Crippen LogP contribution in [0, 0.1) is 0 Å². The molecule has 4 nitrogen and oxygen atoms in total. The third-order valence-electron chi connectivity index (χ3n) is 2.41. The maximum absolute atomic E-state index is 13.6. The molecule has 2 N–H and O–H groups in total. The molecule has 0 aromatic heterocycles. The maximum atomic E-state index is 13.6. The largest absolute Gasteiger partial charge is 0.573 e. The summed E-state index contributed by atoms with van der Waals surface area (Å²) in [5.41, 5.74) is 5.03. The number of alkyl halides is 5. The fraction of sp³-hybridized carbons (Fsp3) is 0.417. The van der Waals surface area contributed by atoms with Gasteiger partial charge in [-0.25, -0.2) is 4.79 Å². The molecule has 1 aromatic carbocycles. The lowest BCUT2D eigenvalue weighted by Gasteiger charge is -2.22. The Morgan fingerprint density at radius 3 is 2.09 bits per heavy atom. The van der Waals surface area contributed by atoms with Crippen molar-refractivity contribution in [1.29, 1.82) is 0 Å². The predicted molar refractivity (Wildman–Crippen MR) is 68.9 cm³/mol. The Kier molecular flexibility index (Phi) is 7.04. The summed E-state index contributed by atoms with van der Waals surface area (Å²) in [6.45, 7) is 1.10. The molecule has 0 aliphatic rings. The number of rotatable bonds is 5. The average molecular weight is 350 g/mol. The van der Waals surface area contributed by atoms with E-state index in [1.807, 2.05) is 0 Å². The van der Waals surface area contributed by atoms with Crippen LogP contribution in [0.25, 0.3) is 0 Å². The Labute approximate surface area is 128 Å². The molecule has 0 heterocycles. The maximum Gasteiger partial charge on any atom is 0.573 e. The topological polar surface area (TPSA) is 61.5 Å². The number of benzene rings is 1. The molecule has 0 aliphatic heterocycles. The molecule has 0 aliphatic carbocycles. The number of carbonyl (C=O) groups excluding carboxylic acids is 1. The van der Waals surface area contributed by atoms with Crippen molar-refractivity contribution in [1.82, 2.24) is 0 Å². The van der Waals surface area contributed by atoms with Gasteiger partial charge in [-0.2, -0.15) is 8.78 Å². The minimum Gasteiger partial charge on any atom is -0.462 e. The zero-order chi connectivity index (χ0) is 16.3. The highest BCUT2D eigenvalue weighted by Gasteiger charge is 2.47. The van der Waals surface area contributed by atoms with Gasteiger partial charge in [0.15, 0.2) is 0 Å². The molecule has 0 unspecified atom stereocenters. The Morgan fingerprint density at radius 1 is 1.18 bits per heavy atom. The molecule has 0 saturated carbocycles. The third-order valence-corrected chi connectivity index (χ3v) is 2.41. The minimum atomic E-state index is -4.89. The molecule has 1 aromatic rings. The van der Waals surface area contributed by atoms with Gasteiger partial charge in [0.1, 0.15) is 11.8 Å². The molecule has 0 fully saturated rings. The highest BCUT2D eigenvalue weighted by Crippen LogP contribution is 2.32. The second kappa shape index (κ2) is 7.59. The Balaban J connectivity index is 0.00000441. The lowest BCUT2D eigenvalue weighted by atomic mass is 10.0. The van der Waals surface area contributed by atoms with Gasteiger partial charge in [0.2, 0.25) is 0 Å². The van der Waals surface area contributed by atoms with Crippen LogP contribution in [0.5, 0.6) is 5.75 Å². The molecule has 22 heavy (non-hydrogen) atoms. The zero-order valence-electron chi connectivity index (χ0n) is 11.2. The monoisotopic (exact) mass is 349 g/mol. The molecule has 0 spiro atoms. The summed E-state index contributed by atoms with van der Waals surface area (Å²) in [7, 11) is 0. The smallest absolute Gasteiger partial charge is 0.462 e. The standard InChI is InChI=1S/C12H12F5NO3.ClH/c1-2-20-10(19)11(13,14)9(18)7-3-5-8(6-4-7)21-12(15,16)17;/h3-6,9H,2,18H2,1H3;1H/t9-;/m0./s1. The van der Waals surface area contributed by atoms with Crippen molar-refractivity contribution >= 4 is 18.4 Å². The fourth-order valence-corrected chi connectivity index (χ4v) is 1.44. The number of hydrogen-bond acceptors (Lipinski definition) is 4. The van der Waals surface area contributed by atoms with E-state index >= 15 is 0 Å². The van der Waals surface area contributed by atoms with Crippen molar-refractivity contribution < 1.29 is 36.2 Å². The van der Waals surface area contributed by atoms with Gasteiger partial charge in [0.25, 0.3) is 0 Å². The minimum absolute atomic E-state index is 0. The van der Waals surface area contributed by atoms with E-state index in [2.05, 4.69) is 9.47 Å². The second-order valence-electron chi connectivity index (χ2n) is 3.94. The zero-order valence-corrected chi connectivity index (χ0v) is 12.0. The lowest BCUT2D eigenvalue weighted by Crippen LogP contribution is -2.41. The molecular formula is C12H13ClF5NO3. The first-order valence-electron chi connectivity index (χ1n) is 5.74. The van der Waals surface area contributed by atoms with E-state index in [4.69, 9.17) is 5.73 Å². The van der Waals surface area contributed by atoms with Gasteiger partial charge in [0, 0.05) is 0 Å². The predicted octanol–water partition coefficient (Wildman–Crippen LogP) is 3.21. The van der Waals surface area contributed by atoms with E-state index in [1.165, 1.54) is 6.92 Å². The second-order valence-corrected chi connectivity index (χ2v) is 3.94. The molecular weight excluding hydrogens is 337 g/mol. The van der Waals surface area contributed by atoms with Gasteiger partial charge in [-0.05, 0) is 24.6 Å². The summed E-state index contributed by atoms with van der Waals surface area (Å²) in [6, 6.07) is 1.43. The van der Waals surface area contributed by atoms with Crippen molar-refractivity contribution in [3.05, 3.63) is 29.8 Å². The number of carbonyl (C=O) groups is 1. The van der Waals surface area contributed by atoms with Gasteiger partial charge in [-0.3, -0.25) is 0 Å². The van der Waals surface area contributed by atoms with Gasteiger partial charge in [-0.1, -0.05) is 12.1 Å². The summed E-state index contributed by atoms with van der Waals surface area (Å²) >= 11 is 0. The van der Waals surface area contributed by atoms with Crippen molar-refractivity contribution in [3.8, 4) is 5.75 Å². The van der Waals surface area contributed by atoms with Crippen LogP contribution in [0.15, 0.2) is 24.3 Å². The van der Waals surface area contributed by atoms with E-state index in [1.54, 1.807) is 0 Å². The van der Waals surface area contributed by atoms with Gasteiger partial charge in [-0.15, -0.1) is 25.6 Å². The van der Waals surface area contributed by atoms with E-state index < -0.39 is 30.0 Å². The quantitative estimate of drug-likeness (QED) is 0.655. The van der Waals surface area contributed by atoms with Crippen LogP contribution in [-0.4, -0.2) is 24.9 Å².